The van der Waals surface area contributed by atoms with Crippen molar-refractivity contribution in [1.29, 1.82) is 0 Å². The van der Waals surface area contributed by atoms with Crippen LogP contribution in [0.4, 0.5) is 8.78 Å². The van der Waals surface area contributed by atoms with Gasteiger partial charge in [0, 0.05) is 39.3 Å². The van der Waals surface area contributed by atoms with E-state index in [0.29, 0.717) is 31.8 Å². The average Bonchev–Trinajstić information content (AvgIpc) is 3.30. The molecule has 5 aromatic rings. The van der Waals surface area contributed by atoms with Gasteiger partial charge in [0.2, 0.25) is 0 Å². The number of halogens is 3. The highest BCUT2D eigenvalue weighted by Gasteiger charge is 2.33. The lowest BCUT2D eigenvalue weighted by molar-refractivity contribution is 0.0612. The molecule has 0 aliphatic rings. The summed E-state index contributed by atoms with van der Waals surface area (Å²) in [5.74, 6) is -1.36. The predicted molar refractivity (Wildman–Crippen MR) is 161 cm³/mol. The lowest BCUT2D eigenvalue weighted by Gasteiger charge is -2.35. The van der Waals surface area contributed by atoms with Gasteiger partial charge in [-0.2, -0.15) is 0 Å². The van der Waals surface area contributed by atoms with Crippen molar-refractivity contribution in [3.05, 3.63) is 110 Å². The number of amides is 1. The second kappa shape index (κ2) is 11.7. The molecule has 0 radical (unpaired) electrons. The number of hydrogen-bond acceptors (Lipinski definition) is 5. The first-order valence-electron chi connectivity index (χ1n) is 13.2. The third-order valence-electron chi connectivity index (χ3n) is 7.13. The van der Waals surface area contributed by atoms with Crippen molar-refractivity contribution in [1.82, 2.24) is 14.5 Å². The number of hydrogen-bond donors (Lipinski definition) is 1. The van der Waals surface area contributed by atoms with E-state index in [2.05, 4.69) is 0 Å². The first kappa shape index (κ1) is 28.9. The van der Waals surface area contributed by atoms with E-state index in [1.165, 1.54) is 32.9 Å². The second-order valence-corrected chi connectivity index (χ2v) is 11.8. The van der Waals surface area contributed by atoms with E-state index in [4.69, 9.17) is 22.3 Å². The zero-order valence-corrected chi connectivity index (χ0v) is 24.4. The van der Waals surface area contributed by atoms with Gasteiger partial charge in [-0.05, 0) is 54.8 Å². The molecule has 3 aromatic carbocycles. The fourth-order valence-electron chi connectivity index (χ4n) is 5.09. The molecule has 2 N–H and O–H groups in total. The van der Waals surface area contributed by atoms with Gasteiger partial charge in [0.15, 0.2) is 0 Å². The number of rotatable bonds is 8. The average molecular weight is 595 g/mol. The van der Waals surface area contributed by atoms with Crippen LogP contribution in [-0.2, 0) is 6.54 Å². The molecule has 0 fully saturated rings. The van der Waals surface area contributed by atoms with Crippen LogP contribution in [0.1, 0.15) is 47.2 Å². The van der Waals surface area contributed by atoms with Crippen molar-refractivity contribution in [3.8, 4) is 0 Å². The Kier molecular flexibility index (Phi) is 8.22. The highest BCUT2D eigenvalue weighted by atomic mass is 35.5. The molecule has 0 aliphatic carbocycles. The lowest BCUT2D eigenvalue weighted by Crippen LogP contribution is -2.43. The smallest absolute Gasteiger partial charge is 0.271 e. The van der Waals surface area contributed by atoms with Crippen molar-refractivity contribution >= 4 is 49.1 Å². The number of thiophene rings is 1. The van der Waals surface area contributed by atoms with Gasteiger partial charge in [0.25, 0.3) is 11.5 Å². The molecule has 1 atom stereocenters. The second-order valence-electron chi connectivity index (χ2n) is 10.3. The summed E-state index contributed by atoms with van der Waals surface area (Å²) in [5, 5.41) is 1.21. The third kappa shape index (κ3) is 5.49. The highest BCUT2D eigenvalue weighted by molar-refractivity contribution is 7.25. The Morgan fingerprint density at radius 3 is 2.54 bits per heavy atom. The van der Waals surface area contributed by atoms with Gasteiger partial charge in [0.05, 0.1) is 18.1 Å². The lowest BCUT2D eigenvalue weighted by atomic mass is 9.99. The summed E-state index contributed by atoms with van der Waals surface area (Å²) in [6.07, 6.45) is 0. The van der Waals surface area contributed by atoms with Crippen LogP contribution in [0.25, 0.3) is 20.3 Å². The molecule has 1 amide bonds. The van der Waals surface area contributed by atoms with Gasteiger partial charge in [-0.3, -0.25) is 14.2 Å². The SMILES string of the molecule is Cc1ccc(C(=O)N(CCN)C(c2nc3c(sc4ccc(Cl)cc43)c(=O)n2Cc2ccccc2F)C(C)C)cc1F. The van der Waals surface area contributed by atoms with Gasteiger partial charge in [-0.1, -0.05) is 49.7 Å². The Balaban J connectivity index is 1.78. The van der Waals surface area contributed by atoms with E-state index in [1.54, 1.807) is 49.4 Å². The molecule has 0 bridgehead atoms. The summed E-state index contributed by atoms with van der Waals surface area (Å²) in [7, 11) is 0. The first-order chi connectivity index (χ1) is 19.6. The predicted octanol–water partition coefficient (Wildman–Crippen LogP) is 6.70. The number of carbonyl (C=O) groups is 1. The van der Waals surface area contributed by atoms with Crippen molar-refractivity contribution in [2.75, 3.05) is 13.1 Å². The Morgan fingerprint density at radius 1 is 1.10 bits per heavy atom. The van der Waals surface area contributed by atoms with E-state index < -0.39 is 23.6 Å². The fraction of sp³-hybridized carbons (Fsp3) is 0.258. The monoisotopic (exact) mass is 594 g/mol. The van der Waals surface area contributed by atoms with Gasteiger partial charge >= 0.3 is 0 Å². The van der Waals surface area contributed by atoms with E-state index >= 15 is 0 Å². The number of aromatic nitrogens is 2. The van der Waals surface area contributed by atoms with E-state index in [9.17, 15) is 18.4 Å². The van der Waals surface area contributed by atoms with E-state index in [0.717, 1.165) is 4.70 Å². The minimum absolute atomic E-state index is 0.0915. The minimum Gasteiger partial charge on any atom is -0.329 e. The number of nitrogens with zero attached hydrogens (tertiary/aromatic N) is 3. The summed E-state index contributed by atoms with van der Waals surface area (Å²) >= 11 is 7.59. The summed E-state index contributed by atoms with van der Waals surface area (Å²) in [5.41, 5.74) is 6.97. The van der Waals surface area contributed by atoms with Crippen LogP contribution in [0.3, 0.4) is 0 Å². The standard InChI is InChI=1S/C31H29ClF2N4O2S/c1-17(2)27(37(13-12-35)30(39)19-9-8-18(3)24(34)14-19)29-36-26-22-15-21(32)10-11-25(22)41-28(26)31(40)38(29)16-20-6-4-5-7-23(20)33/h4-11,14-15,17,27H,12-13,16,35H2,1-3H3. The molecular weight excluding hydrogens is 566 g/mol. The summed E-state index contributed by atoms with van der Waals surface area (Å²) in [6, 6.07) is 15.2. The van der Waals surface area contributed by atoms with E-state index in [-0.39, 0.29) is 42.5 Å². The quantitative estimate of drug-likeness (QED) is 0.217. The topological polar surface area (TPSA) is 81.2 Å². The fourth-order valence-corrected chi connectivity index (χ4v) is 6.33. The molecule has 0 aliphatic heterocycles. The van der Waals surface area contributed by atoms with Gasteiger partial charge < -0.3 is 10.6 Å². The number of fused-ring (bicyclic) bond motifs is 3. The maximum absolute atomic E-state index is 14.9. The van der Waals surface area contributed by atoms with Crippen LogP contribution in [0, 0.1) is 24.5 Å². The zero-order chi connectivity index (χ0) is 29.4. The Labute approximate surface area is 245 Å². The molecule has 41 heavy (non-hydrogen) atoms. The number of benzene rings is 3. The van der Waals surface area contributed by atoms with Crippen LogP contribution >= 0.6 is 22.9 Å². The first-order valence-corrected chi connectivity index (χ1v) is 14.4. The minimum atomic E-state index is -0.742. The van der Waals surface area contributed by atoms with Crippen LogP contribution < -0.4 is 11.3 Å². The van der Waals surface area contributed by atoms with Crippen LogP contribution in [0.2, 0.25) is 5.02 Å². The molecule has 0 saturated carbocycles. The van der Waals surface area contributed by atoms with Crippen LogP contribution in [0.5, 0.6) is 0 Å². The van der Waals surface area contributed by atoms with Crippen molar-refractivity contribution in [2.24, 2.45) is 11.7 Å². The maximum atomic E-state index is 14.9. The molecular formula is C31H29ClF2N4O2S. The molecule has 10 heteroatoms. The van der Waals surface area contributed by atoms with Crippen molar-refractivity contribution in [2.45, 2.75) is 33.4 Å². The molecule has 0 spiro atoms. The third-order valence-corrected chi connectivity index (χ3v) is 8.52. The van der Waals surface area contributed by atoms with Gasteiger partial charge in [-0.15, -0.1) is 11.3 Å². The maximum Gasteiger partial charge on any atom is 0.271 e. The Morgan fingerprint density at radius 2 is 1.85 bits per heavy atom. The Bertz CT molecular complexity index is 1840. The number of aryl methyl sites for hydroxylation is 1. The van der Waals surface area contributed by atoms with Crippen LogP contribution in [0.15, 0.2) is 65.5 Å². The molecule has 5 rings (SSSR count). The van der Waals surface area contributed by atoms with Gasteiger partial charge in [0.1, 0.15) is 22.2 Å². The number of carbonyl (C=O) groups excluding carboxylic acids is 1. The summed E-state index contributed by atoms with van der Waals surface area (Å²) in [6.45, 7) is 5.59. The molecule has 6 nitrogen and oxygen atoms in total. The highest BCUT2D eigenvalue weighted by Crippen LogP contribution is 2.36. The molecule has 212 valence electrons. The molecule has 2 aromatic heterocycles. The summed E-state index contributed by atoms with van der Waals surface area (Å²) in [4.78, 5) is 34.6. The largest absolute Gasteiger partial charge is 0.329 e. The van der Waals surface area contributed by atoms with Crippen LogP contribution in [-0.4, -0.2) is 33.4 Å². The Hall–Kier alpha value is -3.66. The van der Waals surface area contributed by atoms with E-state index in [1.807, 2.05) is 19.9 Å². The zero-order valence-electron chi connectivity index (χ0n) is 22.8. The molecule has 0 saturated heterocycles. The van der Waals surface area contributed by atoms with Crippen molar-refractivity contribution < 1.29 is 13.6 Å². The molecule has 1 unspecified atom stereocenters. The van der Waals surface area contributed by atoms with Crippen molar-refractivity contribution in [3.63, 3.8) is 0 Å². The van der Waals surface area contributed by atoms with Gasteiger partial charge in [-0.25, -0.2) is 13.8 Å². The number of nitrogens with two attached hydrogens (primary N) is 1. The normalized spacial score (nSPS) is 12.4. The molecule has 2 heterocycles. The summed E-state index contributed by atoms with van der Waals surface area (Å²) < 4.78 is 32.0.